The highest BCUT2D eigenvalue weighted by atomic mass is 28.5. The van der Waals surface area contributed by atoms with Gasteiger partial charge in [0.05, 0.1) is 32.8 Å². The fourth-order valence-electron chi connectivity index (χ4n) is 12.2. The fraction of sp³-hybridized carbons (Fsp3) is 0.632. The number of benzene rings is 4. The normalized spacial score (nSPS) is 13.3. The molecule has 5 rings (SSSR count). The van der Waals surface area contributed by atoms with Crippen LogP contribution in [-0.2, 0) is 100 Å². The van der Waals surface area contributed by atoms with Crippen LogP contribution in [0.1, 0.15) is 234 Å². The Balaban J connectivity index is 1.65. The molecule has 0 fully saturated rings. The summed E-state index contributed by atoms with van der Waals surface area (Å²) in [6.07, 6.45) is 11.3. The maximum atomic E-state index is 14.7. The Morgan fingerprint density at radius 3 is 0.946 bits per heavy atom. The first-order valence-corrected chi connectivity index (χ1v) is 43.6. The van der Waals surface area contributed by atoms with E-state index in [9.17, 15) is 19.2 Å². The molecule has 1 aliphatic rings. The molecule has 13 nitrogen and oxygen atoms in total. The van der Waals surface area contributed by atoms with Gasteiger partial charge in [0.15, 0.2) is 36.5 Å². The van der Waals surface area contributed by atoms with Crippen LogP contribution in [0.15, 0.2) is 48.5 Å². The molecule has 0 unspecified atom stereocenters. The largest absolute Gasteiger partial charge is 0.481 e. The van der Waals surface area contributed by atoms with Crippen LogP contribution >= 0.6 is 0 Å². The molecule has 0 heterocycles. The van der Waals surface area contributed by atoms with Gasteiger partial charge in [-0.25, -0.2) is 14.4 Å². The molecular formula is C76H118O13Si3. The van der Waals surface area contributed by atoms with Crippen molar-refractivity contribution in [3.8, 4) is 17.2 Å². The first-order valence-electron chi connectivity index (χ1n) is 34.3. The minimum absolute atomic E-state index is 0.00378. The maximum absolute atomic E-state index is 14.7. The third kappa shape index (κ3) is 24.8. The summed E-state index contributed by atoms with van der Waals surface area (Å²) in [4.78, 5) is 55.0. The number of fused-ring (bicyclic) bond motifs is 8. The molecule has 92 heavy (non-hydrogen) atoms. The maximum Gasteiger partial charge on any atom is 0.344 e. The van der Waals surface area contributed by atoms with Gasteiger partial charge in [-0.3, -0.25) is 4.79 Å². The fourth-order valence-corrected chi connectivity index (χ4v) is 25.5. The molecule has 0 N–H and O–H groups in total. The predicted molar refractivity (Wildman–Crippen MR) is 380 cm³/mol. The van der Waals surface area contributed by atoms with E-state index >= 15 is 0 Å². The van der Waals surface area contributed by atoms with E-state index in [1.54, 1.807) is 20.8 Å². The van der Waals surface area contributed by atoms with E-state index in [0.29, 0.717) is 36.7 Å². The van der Waals surface area contributed by atoms with Gasteiger partial charge in [-0.2, -0.15) is 0 Å². The monoisotopic (exact) mass is 1320 g/mol. The molecule has 0 saturated carbocycles. The zero-order valence-electron chi connectivity index (χ0n) is 61.0. The molecule has 0 radical (unpaired) electrons. The van der Waals surface area contributed by atoms with E-state index in [-0.39, 0.29) is 86.5 Å². The lowest BCUT2D eigenvalue weighted by Crippen LogP contribution is -2.51. The van der Waals surface area contributed by atoms with Crippen molar-refractivity contribution in [2.24, 2.45) is 0 Å². The van der Waals surface area contributed by atoms with E-state index in [1.165, 1.54) is 32.1 Å². The van der Waals surface area contributed by atoms with E-state index < -0.39 is 43.1 Å². The van der Waals surface area contributed by atoms with Crippen molar-refractivity contribution in [2.45, 2.75) is 267 Å². The quantitative estimate of drug-likeness (QED) is 0.0186. The van der Waals surface area contributed by atoms with Crippen molar-refractivity contribution in [1.29, 1.82) is 0 Å². The molecule has 4 aromatic rings. The van der Waals surface area contributed by atoms with Crippen LogP contribution < -0.4 is 14.2 Å². The molecule has 0 aliphatic heterocycles. The summed E-state index contributed by atoms with van der Waals surface area (Å²) in [5.74, 6) is -0.243. The van der Waals surface area contributed by atoms with Crippen LogP contribution in [-0.4, -0.2) is 95.3 Å². The molecule has 16 heteroatoms. The molecule has 0 saturated heterocycles. The summed E-state index contributed by atoms with van der Waals surface area (Å²) < 4.78 is 56.3. The predicted octanol–water partition coefficient (Wildman–Crippen LogP) is 17.8. The van der Waals surface area contributed by atoms with E-state index in [4.69, 9.17) is 41.4 Å². The van der Waals surface area contributed by atoms with Crippen molar-refractivity contribution in [3.63, 3.8) is 0 Å². The third-order valence-corrected chi connectivity index (χ3v) is 26.8. The van der Waals surface area contributed by atoms with Crippen LogP contribution in [0.2, 0.25) is 51.9 Å². The van der Waals surface area contributed by atoms with Gasteiger partial charge in [-0.15, -0.1) is 0 Å². The lowest BCUT2D eigenvalue weighted by atomic mass is 9.78. The molecular weight excluding hydrogens is 1210 g/mol. The second-order valence-electron chi connectivity index (χ2n) is 31.4. The molecule has 1 aliphatic carbocycles. The van der Waals surface area contributed by atoms with Gasteiger partial charge < -0.3 is 41.4 Å². The highest BCUT2D eigenvalue weighted by Gasteiger charge is 2.38. The van der Waals surface area contributed by atoms with Gasteiger partial charge in [-0.1, -0.05) is 183 Å². The van der Waals surface area contributed by atoms with E-state index in [0.717, 1.165) is 104 Å². The SMILES string of the molecule is CCOC(=O)COc1c2cc(C(C)(C)C)cc1Cc1cc(C(C)(C)C)cc(c1OCC(=O)OCC)Cc1cc(C(C)(C)C)cc(c1OCC(=O)OCC)Cc1cc(C(C)(C)C)cc(c1CC(=O)OCCCCCCCCCCC[Si](C)(C)O[Si](C)(C)O[Si](C)(C)C)C2. The minimum Gasteiger partial charge on any atom is -0.481 e. The zero-order valence-corrected chi connectivity index (χ0v) is 64.0. The summed E-state index contributed by atoms with van der Waals surface area (Å²) in [6, 6.07) is 18.6. The molecule has 512 valence electrons. The zero-order chi connectivity index (χ0) is 68.6. The van der Waals surface area contributed by atoms with Crippen LogP contribution in [0.4, 0.5) is 0 Å². The minimum atomic E-state index is -2.14. The lowest BCUT2D eigenvalue weighted by Gasteiger charge is -2.37. The third-order valence-electron chi connectivity index (χ3n) is 16.7. The highest BCUT2D eigenvalue weighted by Crippen LogP contribution is 2.44. The molecule has 0 amide bonds. The van der Waals surface area contributed by atoms with Crippen molar-refractivity contribution in [3.05, 3.63) is 121 Å². The Hall–Kier alpha value is -5.27. The second-order valence-corrected chi connectivity index (χ2v) is 44.1. The number of carbonyl (C=O) groups excluding carboxylic acids is 4. The number of hydrogen-bond acceptors (Lipinski definition) is 13. The summed E-state index contributed by atoms with van der Waals surface area (Å²) in [7, 11) is -5.60. The van der Waals surface area contributed by atoms with Crippen LogP contribution in [0, 0.1) is 0 Å². The van der Waals surface area contributed by atoms with Gasteiger partial charge in [0.1, 0.15) is 17.2 Å². The van der Waals surface area contributed by atoms with Gasteiger partial charge in [0.2, 0.25) is 0 Å². The molecule has 0 aromatic heterocycles. The molecule has 8 bridgehead atoms. The first kappa shape index (κ1) is 77.4. The Morgan fingerprint density at radius 1 is 0.370 bits per heavy atom. The van der Waals surface area contributed by atoms with E-state index in [1.807, 2.05) is 0 Å². The van der Waals surface area contributed by atoms with Crippen LogP contribution in [0.25, 0.3) is 0 Å². The Labute approximate surface area is 558 Å². The number of unbranched alkanes of at least 4 members (excludes halogenated alkanes) is 8. The Bertz CT molecular complexity index is 2990. The van der Waals surface area contributed by atoms with Crippen molar-refractivity contribution >= 4 is 49.1 Å². The second kappa shape index (κ2) is 33.4. The average molecular weight is 1320 g/mol. The van der Waals surface area contributed by atoms with Crippen molar-refractivity contribution < 1.29 is 60.6 Å². The summed E-state index contributed by atoms with van der Waals surface area (Å²) in [5.41, 5.74) is 10.4. The summed E-state index contributed by atoms with van der Waals surface area (Å²) >= 11 is 0. The molecule has 4 aromatic carbocycles. The number of ether oxygens (including phenoxy) is 7. The van der Waals surface area contributed by atoms with Crippen LogP contribution in [0.3, 0.4) is 0 Å². The van der Waals surface area contributed by atoms with Gasteiger partial charge in [0.25, 0.3) is 0 Å². The average Bonchev–Trinajstić information content (AvgIpc) is 0.773. The van der Waals surface area contributed by atoms with Gasteiger partial charge in [-0.05, 0) is 173 Å². The lowest BCUT2D eigenvalue weighted by molar-refractivity contribution is -0.146. The first-order chi connectivity index (χ1) is 42.7. The smallest absolute Gasteiger partial charge is 0.344 e. The summed E-state index contributed by atoms with van der Waals surface area (Å²) in [6.45, 7) is 47.3. The van der Waals surface area contributed by atoms with Gasteiger partial charge in [0, 0.05) is 25.7 Å². The highest BCUT2D eigenvalue weighted by molar-refractivity contribution is 6.87. The van der Waals surface area contributed by atoms with Gasteiger partial charge >= 0.3 is 32.4 Å². The van der Waals surface area contributed by atoms with E-state index in [2.05, 4.69) is 177 Å². The standard InChI is InChI=1S/C76H118O13Si3/c1-23-81-67(78)50-85-70-55-37-53-41-61(73(4,5)6)42-54(65(53)49-66(77)84-35-33-31-29-27-26-28-30-32-34-36-91(19,20)89-92(21,22)88-90(16,17)18)38-56-44-63(75(10,11)12)46-58(71(56)86-51-68(79)82-24-2)40-60-48-64(76(13,14)15)47-59(72(60)87-52-69(80)83-25-3)39-57(70)45-62(43-55)74(7,8)9/h41-48H,23-40,49-52H2,1-22H3. The molecule has 0 atom stereocenters. The Morgan fingerprint density at radius 2 is 0.652 bits per heavy atom. The molecule has 0 spiro atoms. The summed E-state index contributed by atoms with van der Waals surface area (Å²) in [5, 5.41) is 0. The van der Waals surface area contributed by atoms with Crippen molar-refractivity contribution in [2.75, 3.05) is 46.2 Å². The Kier molecular flexibility index (Phi) is 28.1. The van der Waals surface area contributed by atoms with Crippen LogP contribution in [0.5, 0.6) is 17.2 Å². The number of hydrogen-bond donors (Lipinski definition) is 0. The van der Waals surface area contributed by atoms with Crippen molar-refractivity contribution in [1.82, 2.24) is 0 Å². The number of carbonyl (C=O) groups is 4. The topological polar surface area (TPSA) is 151 Å². The number of rotatable bonds is 30. The number of esters is 4.